The fourth-order valence-corrected chi connectivity index (χ4v) is 5.59. The van der Waals surface area contributed by atoms with Crippen LogP contribution >= 0.6 is 15.9 Å². The fourth-order valence-electron chi connectivity index (χ4n) is 5.13. The van der Waals surface area contributed by atoms with Gasteiger partial charge in [0.2, 0.25) is 5.91 Å². The first-order valence-corrected chi connectivity index (χ1v) is 18.4. The number of alkyl carbamates (subject to hydrolysis) is 1. The second kappa shape index (κ2) is 22.1. The largest absolute Gasteiger partial charge is 0.480 e. The number of carboxylic acid groups (broad SMARTS) is 1. The van der Waals surface area contributed by atoms with Gasteiger partial charge in [0.25, 0.3) is 11.8 Å². The minimum Gasteiger partial charge on any atom is -0.480 e. The van der Waals surface area contributed by atoms with Crippen molar-refractivity contribution in [3.63, 3.8) is 0 Å². The van der Waals surface area contributed by atoms with Crippen LogP contribution in [-0.4, -0.2) is 66.0 Å². The van der Waals surface area contributed by atoms with E-state index < -0.39 is 59.5 Å². The maximum Gasteiger partial charge on any atom is 0.408 e. The van der Waals surface area contributed by atoms with Gasteiger partial charge >= 0.3 is 18.0 Å². The number of nitrogens with one attached hydrogen (secondary N) is 3. The molecule has 0 aliphatic carbocycles. The molecule has 0 aromatic heterocycles. The van der Waals surface area contributed by atoms with Crippen molar-refractivity contribution in [2.24, 2.45) is 11.5 Å². The van der Waals surface area contributed by atoms with E-state index in [9.17, 15) is 37.5 Å². The lowest BCUT2D eigenvalue weighted by Crippen LogP contribution is -2.49. The molecule has 0 unspecified atom stereocenters. The second-order valence-electron chi connectivity index (χ2n) is 12.5. The van der Waals surface area contributed by atoms with Gasteiger partial charge in [0.1, 0.15) is 36.9 Å². The standard InChI is InChI=1S/C25H22BrFN2O5.C17H16FN3O4/c26-20-11-19(12-21(27)13-20)23(30)28-14-22(24(31)33-15-17-7-3-1-4-8-17)29-25(32)34-16-18-9-5-2-6-10-18;18-11-6-9(12-3-1-2-4-13(12)15(20)22)5-10(7-11)16(23)21-8-14(19)17(24)25/h1-13,22H,14-16H2,(H,28,30)(H,29,32);1-7,14H,8,19H2,(H2,20,22)(H,21,23)(H,24,25)/t22-;14-/m11/s1. The average Bonchev–Trinajstić information content (AvgIpc) is 3.22. The van der Waals surface area contributed by atoms with Crippen molar-refractivity contribution in [1.29, 1.82) is 0 Å². The number of ether oxygens (including phenoxy) is 2. The molecule has 0 radical (unpaired) electrons. The second-order valence-corrected chi connectivity index (χ2v) is 13.4. The fraction of sp³-hybridized carbons (Fsp3) is 0.143. The van der Waals surface area contributed by atoms with Gasteiger partial charge in [0.15, 0.2) is 0 Å². The molecule has 306 valence electrons. The van der Waals surface area contributed by atoms with E-state index in [-0.39, 0.29) is 43.0 Å². The van der Waals surface area contributed by atoms with Gasteiger partial charge in [-0.1, -0.05) is 94.8 Å². The van der Waals surface area contributed by atoms with Crippen LogP contribution in [0, 0.1) is 11.6 Å². The predicted molar refractivity (Wildman–Crippen MR) is 215 cm³/mol. The highest BCUT2D eigenvalue weighted by atomic mass is 79.9. The summed E-state index contributed by atoms with van der Waals surface area (Å²) >= 11 is 3.13. The highest BCUT2D eigenvalue weighted by molar-refractivity contribution is 9.10. The van der Waals surface area contributed by atoms with E-state index in [1.54, 1.807) is 66.7 Å². The number of nitrogens with two attached hydrogens (primary N) is 2. The van der Waals surface area contributed by atoms with Crippen molar-refractivity contribution in [3.8, 4) is 11.1 Å². The number of halogens is 3. The number of carboxylic acids is 1. The Hall–Kier alpha value is -6.98. The van der Waals surface area contributed by atoms with Crippen molar-refractivity contribution < 1.29 is 52.1 Å². The summed E-state index contributed by atoms with van der Waals surface area (Å²) in [5.41, 5.74) is 13.0. The summed E-state index contributed by atoms with van der Waals surface area (Å²) in [4.78, 5) is 71.7. The molecule has 0 heterocycles. The molecule has 14 nitrogen and oxygen atoms in total. The van der Waals surface area contributed by atoms with Gasteiger partial charge in [-0.15, -0.1) is 0 Å². The highest BCUT2D eigenvalue weighted by Crippen LogP contribution is 2.26. The van der Waals surface area contributed by atoms with Crippen molar-refractivity contribution in [2.45, 2.75) is 25.3 Å². The van der Waals surface area contributed by atoms with Crippen LogP contribution in [0.4, 0.5) is 13.6 Å². The molecule has 8 N–H and O–H groups in total. The zero-order valence-corrected chi connectivity index (χ0v) is 32.6. The predicted octanol–water partition coefficient (Wildman–Crippen LogP) is 5.09. The maximum atomic E-state index is 13.9. The number of hydrogen-bond donors (Lipinski definition) is 6. The van der Waals surface area contributed by atoms with Gasteiger partial charge < -0.3 is 42.0 Å². The minimum absolute atomic E-state index is 0.00212. The van der Waals surface area contributed by atoms with Gasteiger partial charge in [-0.3, -0.25) is 19.2 Å². The molecule has 0 fully saturated rings. The Morgan fingerprint density at radius 3 is 1.78 bits per heavy atom. The molecule has 0 aliphatic heterocycles. The minimum atomic E-state index is -1.27. The van der Waals surface area contributed by atoms with Gasteiger partial charge in [-0.2, -0.15) is 0 Å². The van der Waals surface area contributed by atoms with Gasteiger partial charge in [-0.05, 0) is 64.7 Å². The molecule has 59 heavy (non-hydrogen) atoms. The molecular weight excluding hydrogens is 836 g/mol. The molecule has 5 aromatic carbocycles. The van der Waals surface area contributed by atoms with E-state index in [2.05, 4.69) is 31.9 Å². The summed E-state index contributed by atoms with van der Waals surface area (Å²) in [7, 11) is 0. The molecule has 0 spiro atoms. The third-order valence-corrected chi connectivity index (χ3v) is 8.53. The normalized spacial score (nSPS) is 11.4. The number of amides is 4. The smallest absolute Gasteiger partial charge is 0.408 e. The van der Waals surface area contributed by atoms with E-state index in [0.717, 1.165) is 23.3 Å². The van der Waals surface area contributed by atoms with Gasteiger partial charge in [0.05, 0.1) is 0 Å². The van der Waals surface area contributed by atoms with Crippen molar-refractivity contribution in [3.05, 3.63) is 165 Å². The summed E-state index contributed by atoms with van der Waals surface area (Å²) in [6.07, 6.45) is -0.853. The lowest BCUT2D eigenvalue weighted by molar-refractivity contribution is -0.147. The average molecular weight is 875 g/mol. The van der Waals surface area contributed by atoms with Crippen LogP contribution in [0.25, 0.3) is 11.1 Å². The maximum absolute atomic E-state index is 13.9. The Morgan fingerprint density at radius 2 is 1.20 bits per heavy atom. The van der Waals surface area contributed by atoms with Gasteiger partial charge in [-0.25, -0.2) is 18.4 Å². The SMILES string of the molecule is NC(=O)c1ccccc1-c1cc(F)cc(C(=O)NC[C@@H](N)C(=O)O)c1.O=C(N[C@H](CNC(=O)c1cc(F)cc(Br)c1)C(=O)OCc1ccccc1)OCc1ccccc1. The number of esters is 1. The van der Waals surface area contributed by atoms with Crippen LogP contribution < -0.4 is 27.4 Å². The Labute approximate surface area is 345 Å². The summed E-state index contributed by atoms with van der Waals surface area (Å²) in [6, 6.07) is 29.1. The van der Waals surface area contributed by atoms with Gasteiger partial charge in [0, 0.05) is 34.3 Å². The lowest BCUT2D eigenvalue weighted by atomic mass is 9.97. The number of aliphatic carboxylic acids is 1. The first-order chi connectivity index (χ1) is 28.2. The first-order valence-electron chi connectivity index (χ1n) is 17.6. The third kappa shape index (κ3) is 14.5. The van der Waals surface area contributed by atoms with Crippen LogP contribution in [0.1, 0.15) is 42.2 Å². The zero-order chi connectivity index (χ0) is 42.9. The van der Waals surface area contributed by atoms with E-state index in [1.165, 1.54) is 30.3 Å². The molecule has 17 heteroatoms. The number of carbonyl (C=O) groups is 6. The molecule has 0 aliphatic rings. The summed E-state index contributed by atoms with van der Waals surface area (Å²) in [5, 5.41) is 16.0. The molecule has 0 saturated carbocycles. The first kappa shape index (κ1) is 44.7. The van der Waals surface area contributed by atoms with Crippen molar-refractivity contribution in [2.75, 3.05) is 13.1 Å². The molecule has 0 saturated heterocycles. The van der Waals surface area contributed by atoms with Crippen LogP contribution in [0.5, 0.6) is 0 Å². The Bertz CT molecular complexity index is 2260. The summed E-state index contributed by atoms with van der Waals surface area (Å²) in [6.45, 7) is -0.608. The number of rotatable bonds is 15. The molecule has 5 rings (SSSR count). The number of carbonyl (C=O) groups excluding carboxylic acids is 5. The lowest BCUT2D eigenvalue weighted by Gasteiger charge is -2.18. The van der Waals surface area contributed by atoms with Crippen LogP contribution in [0.3, 0.4) is 0 Å². The van der Waals surface area contributed by atoms with Crippen molar-refractivity contribution in [1.82, 2.24) is 16.0 Å². The van der Waals surface area contributed by atoms with E-state index >= 15 is 0 Å². The zero-order valence-electron chi connectivity index (χ0n) is 31.0. The Balaban J connectivity index is 0.000000273. The highest BCUT2D eigenvalue weighted by Gasteiger charge is 2.25. The van der Waals surface area contributed by atoms with Crippen LogP contribution in [0.2, 0.25) is 0 Å². The van der Waals surface area contributed by atoms with Crippen LogP contribution in [0.15, 0.2) is 126 Å². The molecule has 4 amide bonds. The number of benzene rings is 5. The van der Waals surface area contributed by atoms with E-state index in [1.807, 2.05) is 12.1 Å². The van der Waals surface area contributed by atoms with Crippen molar-refractivity contribution >= 4 is 51.7 Å². The number of primary amides is 1. The van der Waals surface area contributed by atoms with Crippen LogP contribution in [-0.2, 0) is 32.3 Å². The molecule has 0 bridgehead atoms. The summed E-state index contributed by atoms with van der Waals surface area (Å²) in [5.74, 6) is -5.31. The van der Waals surface area contributed by atoms with E-state index in [4.69, 9.17) is 26.0 Å². The quantitative estimate of drug-likeness (QED) is 0.0764. The summed E-state index contributed by atoms with van der Waals surface area (Å²) < 4.78 is 38.4. The van der Waals surface area contributed by atoms with E-state index in [0.29, 0.717) is 15.6 Å². The Morgan fingerprint density at radius 1 is 0.678 bits per heavy atom. The Kier molecular flexibility index (Phi) is 16.7. The number of hydrogen-bond acceptors (Lipinski definition) is 9. The molecular formula is C42H38BrF2N5O9. The monoisotopic (exact) mass is 873 g/mol. The molecule has 5 aromatic rings. The molecule has 2 atom stereocenters. The topological polar surface area (TPSA) is 229 Å². The third-order valence-electron chi connectivity index (χ3n) is 8.07.